The molecule has 0 N–H and O–H groups in total. The molecule has 1 saturated carbocycles. The van der Waals surface area contributed by atoms with Crippen LogP contribution in [-0.2, 0) is 0 Å². The molecule has 0 amide bonds. The summed E-state index contributed by atoms with van der Waals surface area (Å²) < 4.78 is 5.59. The summed E-state index contributed by atoms with van der Waals surface area (Å²) in [5.74, 6) is 1.14. The van der Waals surface area contributed by atoms with Gasteiger partial charge in [-0.25, -0.2) is 0 Å². The van der Waals surface area contributed by atoms with Crippen LogP contribution in [0.2, 0.25) is 0 Å². The second-order valence-electron chi connectivity index (χ2n) is 4.13. The predicted molar refractivity (Wildman–Crippen MR) is 59.4 cm³/mol. The quantitative estimate of drug-likeness (QED) is 0.725. The van der Waals surface area contributed by atoms with Crippen molar-refractivity contribution in [3.63, 3.8) is 0 Å². The molecular formula is C13H13NO2. The summed E-state index contributed by atoms with van der Waals surface area (Å²) in [7, 11) is 0. The molecule has 0 saturated heterocycles. The van der Waals surface area contributed by atoms with Gasteiger partial charge in [-0.05, 0) is 43.9 Å². The van der Waals surface area contributed by atoms with Crippen LogP contribution in [0.1, 0.15) is 35.7 Å². The fraction of sp³-hybridized carbons (Fsp3) is 0.385. The first-order valence-corrected chi connectivity index (χ1v) is 5.38. The highest BCUT2D eigenvalue weighted by Crippen LogP contribution is 2.30. The van der Waals surface area contributed by atoms with Gasteiger partial charge >= 0.3 is 0 Å². The van der Waals surface area contributed by atoms with E-state index in [1.807, 2.05) is 6.07 Å². The second-order valence-corrected chi connectivity index (χ2v) is 4.13. The van der Waals surface area contributed by atoms with Gasteiger partial charge in [0.2, 0.25) is 0 Å². The fourth-order valence-electron chi connectivity index (χ4n) is 1.49. The van der Waals surface area contributed by atoms with Gasteiger partial charge in [-0.15, -0.1) is 0 Å². The first-order valence-electron chi connectivity index (χ1n) is 5.38. The van der Waals surface area contributed by atoms with E-state index < -0.39 is 0 Å². The number of benzene rings is 1. The number of ketones is 1. The zero-order valence-electron chi connectivity index (χ0n) is 9.19. The Bertz CT molecular complexity index is 455. The van der Waals surface area contributed by atoms with E-state index in [0.717, 1.165) is 0 Å². The number of hydrogen-bond donors (Lipinski definition) is 0. The Morgan fingerprint density at radius 1 is 1.56 bits per heavy atom. The molecule has 16 heavy (non-hydrogen) atoms. The molecule has 0 spiro atoms. The molecule has 0 radical (unpaired) electrons. The van der Waals surface area contributed by atoms with Gasteiger partial charge in [0.25, 0.3) is 0 Å². The largest absolute Gasteiger partial charge is 0.492 e. The topological polar surface area (TPSA) is 50.1 Å². The minimum Gasteiger partial charge on any atom is -0.492 e. The maximum absolute atomic E-state index is 11.4. The SMILES string of the molecule is CC(=O)c1ccc(C#N)cc1OCC1CC1. The monoisotopic (exact) mass is 215 g/mol. The third kappa shape index (κ3) is 2.40. The van der Waals surface area contributed by atoms with Gasteiger partial charge in [0.1, 0.15) is 5.75 Å². The van der Waals surface area contributed by atoms with Crippen molar-refractivity contribution < 1.29 is 9.53 Å². The number of nitrogens with zero attached hydrogens (tertiary/aromatic N) is 1. The molecule has 2 rings (SSSR count). The first kappa shape index (κ1) is 10.7. The van der Waals surface area contributed by atoms with Crippen LogP contribution in [0.25, 0.3) is 0 Å². The average Bonchev–Trinajstić information content (AvgIpc) is 3.09. The number of carbonyl (C=O) groups is 1. The van der Waals surface area contributed by atoms with E-state index in [4.69, 9.17) is 10.00 Å². The first-order chi connectivity index (χ1) is 7.70. The number of carbonyl (C=O) groups excluding carboxylic acids is 1. The number of Topliss-reactive ketones (excluding diaryl/α,β-unsaturated/α-hetero) is 1. The number of rotatable bonds is 4. The van der Waals surface area contributed by atoms with E-state index in [2.05, 4.69) is 0 Å². The Kier molecular flexibility index (Phi) is 2.91. The van der Waals surface area contributed by atoms with Crippen LogP contribution in [0.5, 0.6) is 5.75 Å². The lowest BCUT2D eigenvalue weighted by Crippen LogP contribution is -2.04. The molecule has 1 fully saturated rings. The van der Waals surface area contributed by atoms with Crippen molar-refractivity contribution in [1.29, 1.82) is 5.26 Å². The minimum atomic E-state index is -0.0321. The fourth-order valence-corrected chi connectivity index (χ4v) is 1.49. The molecule has 3 heteroatoms. The lowest BCUT2D eigenvalue weighted by atomic mass is 10.1. The van der Waals surface area contributed by atoms with Crippen molar-refractivity contribution >= 4 is 5.78 Å². The molecule has 1 aliphatic rings. The zero-order valence-corrected chi connectivity index (χ0v) is 9.19. The summed E-state index contributed by atoms with van der Waals surface area (Å²) in [6, 6.07) is 6.98. The smallest absolute Gasteiger partial charge is 0.163 e. The van der Waals surface area contributed by atoms with E-state index in [9.17, 15) is 4.79 Å². The van der Waals surface area contributed by atoms with Crippen LogP contribution in [-0.4, -0.2) is 12.4 Å². The zero-order chi connectivity index (χ0) is 11.5. The van der Waals surface area contributed by atoms with Gasteiger partial charge in [-0.1, -0.05) is 0 Å². The summed E-state index contributed by atoms with van der Waals surface area (Å²) in [6.07, 6.45) is 2.40. The van der Waals surface area contributed by atoms with Crippen LogP contribution in [0.3, 0.4) is 0 Å². The van der Waals surface area contributed by atoms with Crippen molar-refractivity contribution in [2.45, 2.75) is 19.8 Å². The van der Waals surface area contributed by atoms with Gasteiger partial charge in [0, 0.05) is 0 Å². The molecule has 0 bridgehead atoms. The van der Waals surface area contributed by atoms with Crippen LogP contribution in [0, 0.1) is 17.2 Å². The van der Waals surface area contributed by atoms with Gasteiger partial charge in [-0.2, -0.15) is 5.26 Å². The van der Waals surface area contributed by atoms with Crippen molar-refractivity contribution in [2.75, 3.05) is 6.61 Å². The molecule has 0 aliphatic heterocycles. The molecule has 0 aromatic heterocycles. The summed E-state index contributed by atoms with van der Waals surface area (Å²) in [6.45, 7) is 2.15. The number of nitriles is 1. The van der Waals surface area contributed by atoms with E-state index in [1.54, 1.807) is 18.2 Å². The lowest BCUT2D eigenvalue weighted by Gasteiger charge is -2.09. The highest BCUT2D eigenvalue weighted by atomic mass is 16.5. The summed E-state index contributed by atoms with van der Waals surface area (Å²) in [5, 5.41) is 8.79. The van der Waals surface area contributed by atoms with Crippen molar-refractivity contribution in [3.8, 4) is 11.8 Å². The summed E-state index contributed by atoms with van der Waals surface area (Å²) >= 11 is 0. The predicted octanol–water partition coefficient (Wildman–Crippen LogP) is 2.55. The molecule has 3 nitrogen and oxygen atoms in total. The highest BCUT2D eigenvalue weighted by Gasteiger charge is 2.22. The molecule has 1 aromatic carbocycles. The Balaban J connectivity index is 2.22. The summed E-state index contributed by atoms with van der Waals surface area (Å²) in [5.41, 5.74) is 1.08. The Morgan fingerprint density at radius 2 is 2.31 bits per heavy atom. The van der Waals surface area contributed by atoms with Crippen LogP contribution < -0.4 is 4.74 Å². The molecule has 1 aliphatic carbocycles. The van der Waals surface area contributed by atoms with Crippen molar-refractivity contribution in [2.24, 2.45) is 5.92 Å². The Labute approximate surface area is 94.6 Å². The van der Waals surface area contributed by atoms with Gasteiger partial charge in [0.15, 0.2) is 5.78 Å². The van der Waals surface area contributed by atoms with Crippen LogP contribution in [0.4, 0.5) is 0 Å². The third-order valence-corrected chi connectivity index (χ3v) is 2.66. The van der Waals surface area contributed by atoms with E-state index in [0.29, 0.717) is 29.4 Å². The van der Waals surface area contributed by atoms with E-state index >= 15 is 0 Å². The van der Waals surface area contributed by atoms with Crippen molar-refractivity contribution in [1.82, 2.24) is 0 Å². The van der Waals surface area contributed by atoms with E-state index in [1.165, 1.54) is 19.8 Å². The molecular weight excluding hydrogens is 202 g/mol. The normalized spacial score (nSPS) is 14.2. The summed E-state index contributed by atoms with van der Waals surface area (Å²) in [4.78, 5) is 11.4. The maximum Gasteiger partial charge on any atom is 0.163 e. The minimum absolute atomic E-state index is 0.0321. The Hall–Kier alpha value is -1.82. The van der Waals surface area contributed by atoms with Gasteiger partial charge in [0.05, 0.1) is 23.8 Å². The van der Waals surface area contributed by atoms with Crippen LogP contribution in [0.15, 0.2) is 18.2 Å². The average molecular weight is 215 g/mol. The highest BCUT2D eigenvalue weighted by molar-refractivity contribution is 5.97. The molecule has 82 valence electrons. The van der Waals surface area contributed by atoms with Gasteiger partial charge in [-0.3, -0.25) is 4.79 Å². The lowest BCUT2D eigenvalue weighted by molar-refractivity contribution is 0.101. The third-order valence-electron chi connectivity index (χ3n) is 2.66. The molecule has 0 atom stereocenters. The van der Waals surface area contributed by atoms with Gasteiger partial charge < -0.3 is 4.74 Å². The maximum atomic E-state index is 11.4. The molecule has 0 unspecified atom stereocenters. The number of hydrogen-bond acceptors (Lipinski definition) is 3. The van der Waals surface area contributed by atoms with Crippen LogP contribution >= 0.6 is 0 Å². The van der Waals surface area contributed by atoms with Crippen molar-refractivity contribution in [3.05, 3.63) is 29.3 Å². The second kappa shape index (κ2) is 4.36. The number of ether oxygens (including phenoxy) is 1. The molecule has 1 aromatic rings. The standard InChI is InChI=1S/C13H13NO2/c1-9(15)12-5-4-11(7-14)6-13(12)16-8-10-2-3-10/h4-6,10H,2-3,8H2,1H3. The van der Waals surface area contributed by atoms with E-state index in [-0.39, 0.29) is 5.78 Å². The molecule has 0 heterocycles. The Morgan fingerprint density at radius 3 is 2.88 bits per heavy atom.